The van der Waals surface area contributed by atoms with Crippen LogP contribution >= 0.6 is 0 Å². The van der Waals surface area contributed by atoms with Gasteiger partial charge < -0.3 is 4.74 Å². The van der Waals surface area contributed by atoms with Gasteiger partial charge in [-0.15, -0.1) is 0 Å². The number of nitrogens with zero attached hydrogens (tertiary/aromatic N) is 1. The Morgan fingerprint density at radius 3 is 2.67 bits per heavy atom. The summed E-state index contributed by atoms with van der Waals surface area (Å²) in [5.74, 6) is -0.331. The molecule has 0 unspecified atom stereocenters. The zero-order valence-corrected chi connectivity index (χ0v) is 13.0. The summed E-state index contributed by atoms with van der Waals surface area (Å²) in [6.07, 6.45) is 6.07. The van der Waals surface area contributed by atoms with E-state index in [-0.39, 0.29) is 5.97 Å². The van der Waals surface area contributed by atoms with E-state index in [1.54, 1.807) is 24.3 Å². The molecule has 0 aromatic heterocycles. The van der Waals surface area contributed by atoms with Crippen LogP contribution in [0.4, 0.5) is 0 Å². The van der Waals surface area contributed by atoms with E-state index in [0.717, 1.165) is 5.56 Å². The summed E-state index contributed by atoms with van der Waals surface area (Å²) in [5, 5.41) is 8.93. The van der Waals surface area contributed by atoms with Gasteiger partial charge in [0.25, 0.3) is 0 Å². The Kier molecular flexibility index (Phi) is 5.92. The molecule has 110 valence electrons. The monoisotopic (exact) mass is 283 g/mol. The van der Waals surface area contributed by atoms with Crippen molar-refractivity contribution in [2.24, 2.45) is 0 Å². The minimum absolute atomic E-state index is 0.331. The topological polar surface area (TPSA) is 50.1 Å². The van der Waals surface area contributed by atoms with E-state index in [1.165, 1.54) is 0 Å². The number of carbonyl (C=O) groups is 1. The van der Waals surface area contributed by atoms with Crippen LogP contribution in [0.1, 0.15) is 45.2 Å². The van der Waals surface area contributed by atoms with Crippen molar-refractivity contribution in [3.63, 3.8) is 0 Å². The van der Waals surface area contributed by atoms with Crippen LogP contribution in [0, 0.1) is 11.3 Å². The molecule has 1 rings (SSSR count). The highest BCUT2D eigenvalue weighted by Gasteiger charge is 2.19. The number of esters is 1. The van der Waals surface area contributed by atoms with Crippen molar-refractivity contribution in [2.45, 2.75) is 39.7 Å². The standard InChI is InChI=1S/C18H21NO2/c1-5-6-10-16(17(20)21-18(2,3)4)12-14-8-7-9-15(11-14)13-19/h5-9,11-12H,10H2,1-4H3. The lowest BCUT2D eigenvalue weighted by Gasteiger charge is -2.20. The molecule has 0 radical (unpaired) electrons. The first-order valence-corrected chi connectivity index (χ1v) is 6.91. The number of allylic oxidation sites excluding steroid dienone is 2. The van der Waals surface area contributed by atoms with Gasteiger partial charge in [0, 0.05) is 5.57 Å². The molecule has 3 heteroatoms. The van der Waals surface area contributed by atoms with Crippen molar-refractivity contribution in [3.8, 4) is 6.07 Å². The second kappa shape index (κ2) is 7.44. The van der Waals surface area contributed by atoms with E-state index in [4.69, 9.17) is 10.00 Å². The summed E-state index contributed by atoms with van der Waals surface area (Å²) < 4.78 is 5.42. The molecule has 0 heterocycles. The predicted molar refractivity (Wildman–Crippen MR) is 84.4 cm³/mol. The minimum Gasteiger partial charge on any atom is -0.457 e. The van der Waals surface area contributed by atoms with Crippen LogP contribution < -0.4 is 0 Å². The third kappa shape index (κ3) is 6.09. The molecule has 0 aliphatic rings. The van der Waals surface area contributed by atoms with Crippen LogP contribution in [-0.4, -0.2) is 11.6 Å². The van der Waals surface area contributed by atoms with E-state index >= 15 is 0 Å². The summed E-state index contributed by atoms with van der Waals surface area (Å²) >= 11 is 0. The van der Waals surface area contributed by atoms with Crippen molar-refractivity contribution in [3.05, 3.63) is 53.1 Å². The zero-order valence-electron chi connectivity index (χ0n) is 13.0. The lowest BCUT2D eigenvalue weighted by molar-refractivity contribution is -0.149. The highest BCUT2D eigenvalue weighted by Crippen LogP contribution is 2.17. The Morgan fingerprint density at radius 1 is 1.38 bits per heavy atom. The second-order valence-corrected chi connectivity index (χ2v) is 5.68. The van der Waals surface area contributed by atoms with E-state index < -0.39 is 5.60 Å². The van der Waals surface area contributed by atoms with Gasteiger partial charge in [-0.1, -0.05) is 24.3 Å². The molecule has 0 aliphatic carbocycles. The largest absolute Gasteiger partial charge is 0.457 e. The van der Waals surface area contributed by atoms with Gasteiger partial charge in [0.2, 0.25) is 0 Å². The molecule has 0 atom stereocenters. The number of carbonyl (C=O) groups excluding carboxylic acids is 1. The number of hydrogen-bond donors (Lipinski definition) is 0. The normalized spacial score (nSPS) is 12.2. The van der Waals surface area contributed by atoms with Crippen LogP contribution in [0.3, 0.4) is 0 Å². The SMILES string of the molecule is CC=CCC(=Cc1cccc(C#N)c1)C(=O)OC(C)(C)C. The van der Waals surface area contributed by atoms with Crippen LogP contribution in [0.25, 0.3) is 6.08 Å². The fraction of sp³-hybridized carbons (Fsp3) is 0.333. The van der Waals surface area contributed by atoms with Gasteiger partial charge in [-0.05, 0) is 57.9 Å². The molecule has 1 aromatic rings. The van der Waals surface area contributed by atoms with Crippen molar-refractivity contribution in [1.29, 1.82) is 5.26 Å². The Bertz CT molecular complexity index is 598. The van der Waals surface area contributed by atoms with Gasteiger partial charge in [-0.25, -0.2) is 4.79 Å². The molecule has 0 aliphatic heterocycles. The van der Waals surface area contributed by atoms with Crippen LogP contribution in [0.15, 0.2) is 42.0 Å². The predicted octanol–water partition coefficient (Wildman–Crippen LogP) is 4.25. The molecule has 0 spiro atoms. The molecule has 3 nitrogen and oxygen atoms in total. The third-order valence-corrected chi connectivity index (χ3v) is 2.59. The molecular formula is C18H21NO2. The summed E-state index contributed by atoms with van der Waals surface area (Å²) in [6, 6.07) is 9.23. The fourth-order valence-electron chi connectivity index (χ4n) is 1.69. The maximum Gasteiger partial charge on any atom is 0.334 e. The number of ether oxygens (including phenoxy) is 1. The van der Waals surface area contributed by atoms with Crippen LogP contribution in [0.2, 0.25) is 0 Å². The smallest absolute Gasteiger partial charge is 0.334 e. The molecule has 0 fully saturated rings. The maximum absolute atomic E-state index is 12.2. The average molecular weight is 283 g/mol. The zero-order chi connectivity index (χ0) is 15.9. The van der Waals surface area contributed by atoms with Gasteiger partial charge in [0.05, 0.1) is 11.6 Å². The summed E-state index contributed by atoms with van der Waals surface area (Å²) in [5.41, 5.74) is 1.43. The molecular weight excluding hydrogens is 262 g/mol. The summed E-state index contributed by atoms with van der Waals surface area (Å²) in [7, 11) is 0. The first kappa shape index (κ1) is 16.7. The van der Waals surface area contributed by atoms with E-state index in [9.17, 15) is 4.79 Å². The molecule has 0 saturated carbocycles. The number of hydrogen-bond acceptors (Lipinski definition) is 3. The molecule has 0 bridgehead atoms. The van der Waals surface area contributed by atoms with Crippen molar-refractivity contribution in [2.75, 3.05) is 0 Å². The van der Waals surface area contributed by atoms with E-state index in [0.29, 0.717) is 17.6 Å². The van der Waals surface area contributed by atoms with Crippen molar-refractivity contribution in [1.82, 2.24) is 0 Å². The van der Waals surface area contributed by atoms with Crippen LogP contribution in [-0.2, 0) is 9.53 Å². The lowest BCUT2D eigenvalue weighted by Crippen LogP contribution is -2.24. The van der Waals surface area contributed by atoms with Crippen LogP contribution in [0.5, 0.6) is 0 Å². The average Bonchev–Trinajstić information content (AvgIpc) is 2.41. The molecule has 21 heavy (non-hydrogen) atoms. The summed E-state index contributed by atoms with van der Waals surface area (Å²) in [6.45, 7) is 7.43. The van der Waals surface area contributed by atoms with Gasteiger partial charge >= 0.3 is 5.97 Å². The quantitative estimate of drug-likeness (QED) is 0.471. The van der Waals surface area contributed by atoms with E-state index in [2.05, 4.69) is 6.07 Å². The van der Waals surface area contributed by atoms with Crippen molar-refractivity contribution < 1.29 is 9.53 Å². The minimum atomic E-state index is -0.527. The lowest BCUT2D eigenvalue weighted by atomic mass is 10.1. The molecule has 0 N–H and O–H groups in total. The van der Waals surface area contributed by atoms with Gasteiger partial charge in [0.1, 0.15) is 5.60 Å². The van der Waals surface area contributed by atoms with Crippen molar-refractivity contribution >= 4 is 12.0 Å². The number of nitriles is 1. The number of benzene rings is 1. The highest BCUT2D eigenvalue weighted by molar-refractivity contribution is 5.94. The molecule has 0 amide bonds. The fourth-order valence-corrected chi connectivity index (χ4v) is 1.69. The third-order valence-electron chi connectivity index (χ3n) is 2.59. The Balaban J connectivity index is 3.08. The van der Waals surface area contributed by atoms with Gasteiger partial charge in [0.15, 0.2) is 0 Å². The highest BCUT2D eigenvalue weighted by atomic mass is 16.6. The van der Waals surface area contributed by atoms with Gasteiger partial charge in [-0.2, -0.15) is 5.26 Å². The molecule has 0 saturated heterocycles. The summed E-state index contributed by atoms with van der Waals surface area (Å²) in [4.78, 5) is 12.2. The Morgan fingerprint density at radius 2 is 2.10 bits per heavy atom. The Hall–Kier alpha value is -2.34. The first-order chi connectivity index (χ1) is 9.85. The van der Waals surface area contributed by atoms with E-state index in [1.807, 2.05) is 45.9 Å². The van der Waals surface area contributed by atoms with Gasteiger partial charge in [-0.3, -0.25) is 0 Å². The maximum atomic E-state index is 12.2. The second-order valence-electron chi connectivity index (χ2n) is 5.68. The number of rotatable bonds is 4. The first-order valence-electron chi connectivity index (χ1n) is 6.91. The Labute approximate surface area is 126 Å². The molecule has 1 aromatic carbocycles.